The van der Waals surface area contributed by atoms with Gasteiger partial charge in [0.15, 0.2) is 15.8 Å². The molecule has 2 N–H and O–H groups in total. The first-order valence-electron chi connectivity index (χ1n) is 8.15. The van der Waals surface area contributed by atoms with Gasteiger partial charge < -0.3 is 10.6 Å². The molecular formula is C17H25IN4O2S2. The monoisotopic (exact) mass is 508 g/mol. The fourth-order valence-electron chi connectivity index (χ4n) is 2.26. The third-order valence-electron chi connectivity index (χ3n) is 3.49. The largest absolute Gasteiger partial charge is 0.357 e. The summed E-state index contributed by atoms with van der Waals surface area (Å²) in [5.74, 6) is 0.622. The van der Waals surface area contributed by atoms with Gasteiger partial charge in [-0.1, -0.05) is 18.2 Å². The number of hydrogen-bond acceptors (Lipinski definition) is 5. The van der Waals surface area contributed by atoms with E-state index in [4.69, 9.17) is 0 Å². The average molecular weight is 508 g/mol. The molecule has 2 aromatic rings. The third-order valence-corrected chi connectivity index (χ3v) is 6.28. The molecule has 0 aliphatic carbocycles. The molecule has 0 saturated heterocycles. The van der Waals surface area contributed by atoms with E-state index in [1.807, 2.05) is 20.8 Å². The van der Waals surface area contributed by atoms with Crippen LogP contribution in [0.25, 0.3) is 0 Å². The number of aliphatic imine (C=N–C) groups is 1. The summed E-state index contributed by atoms with van der Waals surface area (Å²) in [6.07, 6.45) is 0. The topological polar surface area (TPSA) is 83.4 Å². The minimum absolute atomic E-state index is 0. The average Bonchev–Trinajstić information content (AvgIpc) is 2.91. The highest BCUT2D eigenvalue weighted by atomic mass is 127. The molecule has 0 spiro atoms. The Balaban J connectivity index is 0.00000338. The Morgan fingerprint density at radius 1 is 1.19 bits per heavy atom. The van der Waals surface area contributed by atoms with Crippen molar-refractivity contribution < 1.29 is 8.42 Å². The van der Waals surface area contributed by atoms with Crippen LogP contribution in [0.15, 0.2) is 40.2 Å². The molecule has 0 aliphatic rings. The number of benzene rings is 1. The SMILES string of the molecule is CCNC(=NCc1sc(C)nc1C)NCCS(=O)(=O)c1ccccc1.I. The molecule has 0 atom stereocenters. The summed E-state index contributed by atoms with van der Waals surface area (Å²) >= 11 is 1.63. The van der Waals surface area contributed by atoms with E-state index in [0.29, 0.717) is 30.5 Å². The smallest absolute Gasteiger partial charge is 0.191 e. The van der Waals surface area contributed by atoms with Crippen LogP contribution in [-0.4, -0.2) is 38.2 Å². The summed E-state index contributed by atoms with van der Waals surface area (Å²) in [4.78, 5) is 10.4. The van der Waals surface area contributed by atoms with E-state index >= 15 is 0 Å². The summed E-state index contributed by atoms with van der Waals surface area (Å²) in [7, 11) is -3.29. The van der Waals surface area contributed by atoms with Crippen LogP contribution in [0.1, 0.15) is 22.5 Å². The van der Waals surface area contributed by atoms with Crippen molar-refractivity contribution >= 4 is 51.1 Å². The second-order valence-corrected chi connectivity index (χ2v) is 8.89. The van der Waals surface area contributed by atoms with Gasteiger partial charge in [-0.25, -0.2) is 18.4 Å². The molecule has 0 saturated carbocycles. The zero-order valence-corrected chi connectivity index (χ0v) is 19.1. The Morgan fingerprint density at radius 2 is 1.88 bits per heavy atom. The van der Waals surface area contributed by atoms with Crippen molar-refractivity contribution in [3.63, 3.8) is 0 Å². The Kier molecular flexibility index (Phi) is 9.51. The van der Waals surface area contributed by atoms with Gasteiger partial charge in [-0.05, 0) is 32.9 Å². The summed E-state index contributed by atoms with van der Waals surface area (Å²) in [6, 6.07) is 8.49. The number of guanidine groups is 1. The van der Waals surface area contributed by atoms with Crippen molar-refractivity contribution in [3.8, 4) is 0 Å². The van der Waals surface area contributed by atoms with Gasteiger partial charge in [0.2, 0.25) is 0 Å². The van der Waals surface area contributed by atoms with Crippen molar-refractivity contribution in [2.75, 3.05) is 18.8 Å². The fourth-order valence-corrected chi connectivity index (χ4v) is 4.30. The Morgan fingerprint density at radius 3 is 2.46 bits per heavy atom. The van der Waals surface area contributed by atoms with Gasteiger partial charge >= 0.3 is 0 Å². The molecule has 0 radical (unpaired) electrons. The zero-order valence-electron chi connectivity index (χ0n) is 15.2. The molecule has 0 amide bonds. The number of halogens is 1. The van der Waals surface area contributed by atoms with Crippen molar-refractivity contribution in [2.24, 2.45) is 4.99 Å². The fraction of sp³-hybridized carbons (Fsp3) is 0.412. The van der Waals surface area contributed by atoms with Crippen LogP contribution < -0.4 is 10.6 Å². The molecule has 2 rings (SSSR count). The lowest BCUT2D eigenvalue weighted by atomic mass is 10.4. The summed E-state index contributed by atoms with van der Waals surface area (Å²) < 4.78 is 24.6. The van der Waals surface area contributed by atoms with E-state index in [2.05, 4.69) is 20.6 Å². The first-order valence-corrected chi connectivity index (χ1v) is 10.6. The molecule has 144 valence electrons. The lowest BCUT2D eigenvalue weighted by Gasteiger charge is -2.11. The highest BCUT2D eigenvalue weighted by Gasteiger charge is 2.13. The number of nitrogens with zero attached hydrogens (tertiary/aromatic N) is 2. The maximum absolute atomic E-state index is 12.3. The number of rotatable bonds is 7. The van der Waals surface area contributed by atoms with Crippen molar-refractivity contribution in [3.05, 3.63) is 45.9 Å². The Labute approximate surface area is 176 Å². The van der Waals surface area contributed by atoms with Crippen molar-refractivity contribution in [1.82, 2.24) is 15.6 Å². The lowest BCUT2D eigenvalue weighted by molar-refractivity contribution is 0.594. The maximum atomic E-state index is 12.3. The highest BCUT2D eigenvalue weighted by molar-refractivity contribution is 14.0. The van der Waals surface area contributed by atoms with Crippen LogP contribution in [0.4, 0.5) is 0 Å². The normalized spacial score (nSPS) is 11.7. The van der Waals surface area contributed by atoms with Crippen LogP contribution in [0.3, 0.4) is 0 Å². The standard InChI is InChI=1S/C17H24N4O2S2.HI/c1-4-18-17(20-12-16-13(2)21-14(3)24-16)19-10-11-25(22,23)15-8-6-5-7-9-15;/h5-9H,4,10-12H2,1-3H3,(H2,18,19,20);1H. The predicted molar refractivity (Wildman–Crippen MR) is 118 cm³/mol. The zero-order chi connectivity index (χ0) is 18.3. The van der Waals surface area contributed by atoms with Crippen molar-refractivity contribution in [1.29, 1.82) is 0 Å². The van der Waals surface area contributed by atoms with Crippen LogP contribution in [-0.2, 0) is 16.4 Å². The van der Waals surface area contributed by atoms with Crippen LogP contribution in [0.2, 0.25) is 0 Å². The second kappa shape index (κ2) is 10.8. The van der Waals surface area contributed by atoms with Gasteiger partial charge in [-0.15, -0.1) is 35.3 Å². The van der Waals surface area contributed by atoms with Gasteiger partial charge in [-0.2, -0.15) is 0 Å². The molecule has 1 aromatic carbocycles. The molecule has 26 heavy (non-hydrogen) atoms. The van der Waals surface area contributed by atoms with E-state index in [0.717, 1.165) is 15.6 Å². The van der Waals surface area contributed by atoms with Gasteiger partial charge in [0.1, 0.15) is 0 Å². The predicted octanol–water partition coefficient (Wildman–Crippen LogP) is 2.91. The molecular weight excluding hydrogens is 483 g/mol. The summed E-state index contributed by atoms with van der Waals surface area (Å²) in [5.41, 5.74) is 0.994. The number of aryl methyl sites for hydroxylation is 2. The van der Waals surface area contributed by atoms with E-state index in [9.17, 15) is 8.42 Å². The van der Waals surface area contributed by atoms with Crippen LogP contribution in [0.5, 0.6) is 0 Å². The molecule has 9 heteroatoms. The number of aromatic nitrogens is 1. The van der Waals surface area contributed by atoms with Crippen LogP contribution >= 0.6 is 35.3 Å². The molecule has 0 fully saturated rings. The molecule has 0 bridgehead atoms. The van der Waals surface area contributed by atoms with E-state index in [-0.39, 0.29) is 29.7 Å². The van der Waals surface area contributed by atoms with Gasteiger partial charge in [0.05, 0.1) is 27.9 Å². The minimum Gasteiger partial charge on any atom is -0.357 e. The second-order valence-electron chi connectivity index (χ2n) is 5.50. The highest BCUT2D eigenvalue weighted by Crippen LogP contribution is 2.17. The summed E-state index contributed by atoms with van der Waals surface area (Å²) in [5, 5.41) is 7.24. The van der Waals surface area contributed by atoms with Crippen LogP contribution in [0, 0.1) is 13.8 Å². The number of thiazole rings is 1. The van der Waals surface area contributed by atoms with E-state index in [1.165, 1.54) is 0 Å². The molecule has 1 heterocycles. The van der Waals surface area contributed by atoms with Gasteiger partial charge in [0, 0.05) is 18.0 Å². The molecule has 0 unspecified atom stereocenters. The summed E-state index contributed by atoms with van der Waals surface area (Å²) in [6.45, 7) is 7.45. The molecule has 0 aliphatic heterocycles. The van der Waals surface area contributed by atoms with Gasteiger partial charge in [-0.3, -0.25) is 0 Å². The number of nitrogens with one attached hydrogen (secondary N) is 2. The third kappa shape index (κ3) is 6.84. The number of sulfone groups is 1. The first kappa shape index (κ1) is 22.8. The molecule has 6 nitrogen and oxygen atoms in total. The van der Waals surface area contributed by atoms with E-state index in [1.54, 1.807) is 41.7 Å². The quantitative estimate of drug-likeness (QED) is 0.342. The van der Waals surface area contributed by atoms with E-state index < -0.39 is 9.84 Å². The Hall–Kier alpha value is -1.20. The molecule has 1 aromatic heterocycles. The van der Waals surface area contributed by atoms with Gasteiger partial charge in [0.25, 0.3) is 0 Å². The Bertz CT molecular complexity index is 821. The lowest BCUT2D eigenvalue weighted by Crippen LogP contribution is -2.39. The minimum atomic E-state index is -3.29. The van der Waals surface area contributed by atoms with Crippen molar-refractivity contribution in [2.45, 2.75) is 32.2 Å². The maximum Gasteiger partial charge on any atom is 0.191 e. The number of hydrogen-bond donors (Lipinski definition) is 2. The first-order chi connectivity index (χ1) is 11.9.